The zero-order valence-electron chi connectivity index (χ0n) is 10.6. The van der Waals surface area contributed by atoms with Crippen molar-refractivity contribution in [2.24, 2.45) is 0 Å². The Bertz CT molecular complexity index is 274. The van der Waals surface area contributed by atoms with Crippen LogP contribution in [0.5, 0.6) is 0 Å². The molecule has 0 aliphatic heterocycles. The molecule has 90 valence electrons. The first-order valence-electron chi connectivity index (χ1n) is 6.03. The van der Waals surface area contributed by atoms with E-state index in [9.17, 15) is 0 Å². The summed E-state index contributed by atoms with van der Waals surface area (Å²) in [4.78, 5) is 6.45. The van der Waals surface area contributed by atoms with Crippen molar-refractivity contribution in [3.63, 3.8) is 0 Å². The van der Waals surface area contributed by atoms with Gasteiger partial charge in [-0.25, -0.2) is 0 Å². The third-order valence-electron chi connectivity index (χ3n) is 2.50. The molecule has 0 amide bonds. The van der Waals surface area contributed by atoms with E-state index in [-0.39, 0.29) is 0 Å². The van der Waals surface area contributed by atoms with Crippen LogP contribution in [0.4, 0.5) is 0 Å². The molecule has 1 aromatic rings. The van der Waals surface area contributed by atoms with Crippen molar-refractivity contribution in [2.75, 3.05) is 20.1 Å². The molecule has 0 aliphatic rings. The summed E-state index contributed by atoms with van der Waals surface area (Å²) in [6, 6.07) is 4.65. The Morgan fingerprint density at radius 3 is 2.94 bits per heavy atom. The molecule has 0 saturated carbocycles. The Labute approximate surface area is 98.9 Å². The van der Waals surface area contributed by atoms with Crippen LogP contribution in [0.2, 0.25) is 0 Å². The molecule has 3 heteroatoms. The highest BCUT2D eigenvalue weighted by Crippen LogP contribution is 2.01. The first kappa shape index (κ1) is 13.1. The van der Waals surface area contributed by atoms with Crippen molar-refractivity contribution < 1.29 is 0 Å². The van der Waals surface area contributed by atoms with Gasteiger partial charge in [-0.1, -0.05) is 13.0 Å². The summed E-state index contributed by atoms with van der Waals surface area (Å²) in [5, 5.41) is 3.49. The van der Waals surface area contributed by atoms with Crippen LogP contribution < -0.4 is 5.32 Å². The lowest BCUT2D eigenvalue weighted by atomic mass is 10.2. The van der Waals surface area contributed by atoms with Crippen molar-refractivity contribution in [1.29, 1.82) is 0 Å². The largest absolute Gasteiger partial charge is 0.313 e. The van der Waals surface area contributed by atoms with Crippen LogP contribution in [0.15, 0.2) is 24.5 Å². The third kappa shape index (κ3) is 5.24. The van der Waals surface area contributed by atoms with Gasteiger partial charge in [-0.15, -0.1) is 0 Å². The third-order valence-corrected chi connectivity index (χ3v) is 2.50. The van der Waals surface area contributed by atoms with Gasteiger partial charge in [-0.2, -0.15) is 0 Å². The zero-order chi connectivity index (χ0) is 11.8. The molecule has 1 atom stereocenters. The first-order valence-corrected chi connectivity index (χ1v) is 6.03. The predicted molar refractivity (Wildman–Crippen MR) is 68.3 cm³/mol. The van der Waals surface area contributed by atoms with Gasteiger partial charge < -0.3 is 10.2 Å². The van der Waals surface area contributed by atoms with Crippen LogP contribution in [0.25, 0.3) is 0 Å². The topological polar surface area (TPSA) is 28.2 Å². The van der Waals surface area contributed by atoms with E-state index in [0.717, 1.165) is 19.6 Å². The lowest BCUT2D eigenvalue weighted by Crippen LogP contribution is -2.37. The molecular formula is C13H23N3. The van der Waals surface area contributed by atoms with Crippen molar-refractivity contribution in [3.05, 3.63) is 30.1 Å². The molecule has 16 heavy (non-hydrogen) atoms. The average Bonchev–Trinajstić information content (AvgIpc) is 2.27. The molecule has 0 radical (unpaired) electrons. The SMILES string of the molecule is CCCNC(C)CN(C)Cc1cccnc1. The van der Waals surface area contributed by atoms with E-state index >= 15 is 0 Å². The van der Waals surface area contributed by atoms with E-state index in [1.807, 2.05) is 18.5 Å². The second kappa shape index (κ2) is 7.36. The number of likely N-dealkylation sites (N-methyl/N-ethyl adjacent to an activating group) is 1. The maximum Gasteiger partial charge on any atom is 0.0312 e. The predicted octanol–water partition coefficient (Wildman–Crippen LogP) is 1.90. The zero-order valence-corrected chi connectivity index (χ0v) is 10.6. The fourth-order valence-electron chi connectivity index (χ4n) is 1.79. The molecule has 0 bridgehead atoms. The minimum atomic E-state index is 0.543. The highest BCUT2D eigenvalue weighted by molar-refractivity contribution is 5.07. The monoisotopic (exact) mass is 221 g/mol. The first-order chi connectivity index (χ1) is 7.72. The number of hydrogen-bond acceptors (Lipinski definition) is 3. The van der Waals surface area contributed by atoms with Crippen LogP contribution in [0, 0.1) is 0 Å². The van der Waals surface area contributed by atoms with Gasteiger partial charge >= 0.3 is 0 Å². The second-order valence-electron chi connectivity index (χ2n) is 4.41. The molecule has 1 rings (SSSR count). The van der Waals surface area contributed by atoms with Gasteiger partial charge in [0.15, 0.2) is 0 Å². The Kier molecular flexibility index (Phi) is 6.04. The van der Waals surface area contributed by atoms with Gasteiger partial charge in [0, 0.05) is 31.5 Å². The number of hydrogen-bond donors (Lipinski definition) is 1. The number of rotatable bonds is 7. The lowest BCUT2D eigenvalue weighted by Gasteiger charge is -2.22. The van der Waals surface area contributed by atoms with Crippen molar-refractivity contribution in [3.8, 4) is 0 Å². The molecule has 0 spiro atoms. The summed E-state index contributed by atoms with van der Waals surface area (Å²) >= 11 is 0. The Hall–Kier alpha value is -0.930. The van der Waals surface area contributed by atoms with Crippen LogP contribution in [0.1, 0.15) is 25.8 Å². The van der Waals surface area contributed by atoms with Crippen LogP contribution in [-0.4, -0.2) is 36.1 Å². The van der Waals surface area contributed by atoms with E-state index in [1.165, 1.54) is 12.0 Å². The smallest absolute Gasteiger partial charge is 0.0312 e. The number of nitrogens with one attached hydrogen (secondary N) is 1. The Balaban J connectivity index is 2.27. The molecule has 0 aromatic carbocycles. The molecule has 1 unspecified atom stereocenters. The van der Waals surface area contributed by atoms with Crippen molar-refractivity contribution in [2.45, 2.75) is 32.9 Å². The molecular weight excluding hydrogens is 198 g/mol. The molecule has 1 N–H and O–H groups in total. The highest BCUT2D eigenvalue weighted by atomic mass is 15.1. The number of nitrogens with zero attached hydrogens (tertiary/aromatic N) is 2. The lowest BCUT2D eigenvalue weighted by molar-refractivity contribution is 0.289. The minimum absolute atomic E-state index is 0.543. The summed E-state index contributed by atoms with van der Waals surface area (Å²) in [6.45, 7) is 7.55. The van der Waals surface area contributed by atoms with Gasteiger partial charge in [0.25, 0.3) is 0 Å². The summed E-state index contributed by atoms with van der Waals surface area (Å²) in [5.74, 6) is 0. The van der Waals surface area contributed by atoms with Crippen molar-refractivity contribution >= 4 is 0 Å². The Morgan fingerprint density at radius 2 is 2.31 bits per heavy atom. The standard InChI is InChI=1S/C13H23N3/c1-4-7-15-12(2)10-16(3)11-13-6-5-8-14-9-13/h5-6,8-9,12,15H,4,7,10-11H2,1-3H3. The quantitative estimate of drug-likeness (QED) is 0.762. The van der Waals surface area contributed by atoms with Crippen molar-refractivity contribution in [1.82, 2.24) is 15.2 Å². The fourth-order valence-corrected chi connectivity index (χ4v) is 1.79. The van der Waals surface area contributed by atoms with Gasteiger partial charge in [0.2, 0.25) is 0 Å². The minimum Gasteiger partial charge on any atom is -0.313 e. The van der Waals surface area contributed by atoms with E-state index in [1.54, 1.807) is 0 Å². The van der Waals surface area contributed by atoms with Crippen LogP contribution in [0.3, 0.4) is 0 Å². The van der Waals surface area contributed by atoms with Gasteiger partial charge in [-0.3, -0.25) is 4.98 Å². The highest BCUT2D eigenvalue weighted by Gasteiger charge is 2.05. The van der Waals surface area contributed by atoms with Crippen LogP contribution >= 0.6 is 0 Å². The molecule has 1 heterocycles. The second-order valence-corrected chi connectivity index (χ2v) is 4.41. The molecule has 0 aliphatic carbocycles. The molecule has 3 nitrogen and oxygen atoms in total. The Morgan fingerprint density at radius 1 is 1.50 bits per heavy atom. The average molecular weight is 221 g/mol. The molecule has 0 fully saturated rings. The maximum atomic E-state index is 4.12. The fraction of sp³-hybridized carbons (Fsp3) is 0.615. The molecule has 1 aromatic heterocycles. The van der Waals surface area contributed by atoms with E-state index < -0.39 is 0 Å². The van der Waals surface area contributed by atoms with Gasteiger partial charge in [-0.05, 0) is 38.6 Å². The number of aromatic nitrogens is 1. The van der Waals surface area contributed by atoms with Gasteiger partial charge in [0.05, 0.1) is 0 Å². The summed E-state index contributed by atoms with van der Waals surface area (Å²) in [7, 11) is 2.15. The summed E-state index contributed by atoms with van der Waals surface area (Å²) < 4.78 is 0. The molecule has 0 saturated heterocycles. The number of pyridine rings is 1. The van der Waals surface area contributed by atoms with E-state index in [2.05, 4.69) is 42.2 Å². The van der Waals surface area contributed by atoms with E-state index in [0.29, 0.717) is 6.04 Å². The summed E-state index contributed by atoms with van der Waals surface area (Å²) in [6.07, 6.45) is 4.94. The summed E-state index contributed by atoms with van der Waals surface area (Å²) in [5.41, 5.74) is 1.27. The normalized spacial score (nSPS) is 13.0. The maximum absolute atomic E-state index is 4.12. The van der Waals surface area contributed by atoms with Gasteiger partial charge in [0.1, 0.15) is 0 Å². The van der Waals surface area contributed by atoms with E-state index in [4.69, 9.17) is 0 Å². The van der Waals surface area contributed by atoms with Crippen LogP contribution in [-0.2, 0) is 6.54 Å².